The Morgan fingerprint density at radius 1 is 0.952 bits per heavy atom. The number of carbonyl (C=O) groups excluding carboxylic acids is 3. The van der Waals surface area contributed by atoms with E-state index in [1.54, 1.807) is 0 Å². The monoisotopic (exact) mass is 598 g/mol. The van der Waals surface area contributed by atoms with Crippen molar-refractivity contribution in [2.75, 3.05) is 31.5 Å². The van der Waals surface area contributed by atoms with E-state index in [-0.39, 0.29) is 68.9 Å². The summed E-state index contributed by atoms with van der Waals surface area (Å²) in [6, 6.07) is 4.84. The number of nitrogens with one attached hydrogen (secondary N) is 2. The lowest BCUT2D eigenvalue weighted by molar-refractivity contribution is -0.137. The molecule has 2 aromatic carbocycles. The molecule has 0 aliphatic carbocycles. The third-order valence-electron chi connectivity index (χ3n) is 6.34. The fraction of sp³-hybridized carbons (Fsp3) is 0.423. The second kappa shape index (κ2) is 16.2. The van der Waals surface area contributed by atoms with Crippen LogP contribution in [-0.4, -0.2) is 78.1 Å². The SMILES string of the molecule is NCCN(CCN)C(=O)CC[C@H](N)C(=O)N[C@H](CCc1ccc(C(F)(F)F)cc1)C(=O)Nc1ccc(B(O)O)cc1F. The molecule has 0 bridgehead atoms. The molecule has 0 saturated heterocycles. The third kappa shape index (κ3) is 10.7. The largest absolute Gasteiger partial charge is 0.488 e. The molecule has 16 heteroatoms. The molecule has 42 heavy (non-hydrogen) atoms. The Hall–Kier alpha value is -3.57. The number of nitrogens with zero attached hydrogens (tertiary/aromatic N) is 1. The number of benzene rings is 2. The van der Waals surface area contributed by atoms with Crippen LogP contribution in [0.5, 0.6) is 0 Å². The van der Waals surface area contributed by atoms with E-state index in [4.69, 9.17) is 17.2 Å². The first-order valence-corrected chi connectivity index (χ1v) is 13.1. The molecule has 10 N–H and O–H groups in total. The molecule has 0 saturated carbocycles. The molecule has 2 rings (SSSR count). The van der Waals surface area contributed by atoms with Gasteiger partial charge in [0, 0.05) is 32.6 Å². The molecule has 0 fully saturated rings. The second-order valence-electron chi connectivity index (χ2n) is 9.50. The van der Waals surface area contributed by atoms with Crippen LogP contribution in [0.4, 0.5) is 23.2 Å². The summed E-state index contributed by atoms with van der Waals surface area (Å²) in [5, 5.41) is 23.2. The van der Waals surface area contributed by atoms with E-state index < -0.39 is 48.6 Å². The maximum Gasteiger partial charge on any atom is 0.488 e. The predicted molar refractivity (Wildman–Crippen MR) is 148 cm³/mol. The maximum absolute atomic E-state index is 14.5. The zero-order valence-electron chi connectivity index (χ0n) is 22.7. The topological polar surface area (TPSA) is 197 Å². The van der Waals surface area contributed by atoms with E-state index in [0.717, 1.165) is 24.3 Å². The zero-order valence-corrected chi connectivity index (χ0v) is 22.7. The molecular weight excluding hydrogens is 563 g/mol. The summed E-state index contributed by atoms with van der Waals surface area (Å²) < 4.78 is 53.2. The highest BCUT2D eigenvalue weighted by atomic mass is 19.4. The van der Waals surface area contributed by atoms with Crippen LogP contribution in [0.3, 0.4) is 0 Å². The number of aryl methyl sites for hydroxylation is 1. The minimum atomic E-state index is -4.52. The average molecular weight is 598 g/mol. The highest BCUT2D eigenvalue weighted by Crippen LogP contribution is 2.29. The van der Waals surface area contributed by atoms with Gasteiger partial charge in [0.15, 0.2) is 0 Å². The minimum absolute atomic E-state index is 0.0650. The van der Waals surface area contributed by atoms with E-state index in [1.807, 2.05) is 0 Å². The van der Waals surface area contributed by atoms with Gasteiger partial charge in [-0.3, -0.25) is 14.4 Å². The van der Waals surface area contributed by atoms with E-state index in [0.29, 0.717) is 5.56 Å². The summed E-state index contributed by atoms with van der Waals surface area (Å²) >= 11 is 0. The normalized spacial score (nSPS) is 12.8. The average Bonchev–Trinajstić information content (AvgIpc) is 2.94. The molecular formula is C26H35BF4N6O5. The highest BCUT2D eigenvalue weighted by Gasteiger charge is 2.30. The predicted octanol–water partition coefficient (Wildman–Crippen LogP) is -0.566. The summed E-state index contributed by atoms with van der Waals surface area (Å²) in [5.41, 5.74) is 16.1. The van der Waals surface area contributed by atoms with E-state index >= 15 is 0 Å². The zero-order chi connectivity index (χ0) is 31.4. The van der Waals surface area contributed by atoms with Crippen molar-refractivity contribution in [1.82, 2.24) is 10.2 Å². The molecule has 0 radical (unpaired) electrons. The van der Waals surface area contributed by atoms with Crippen molar-refractivity contribution in [3.05, 3.63) is 59.4 Å². The van der Waals surface area contributed by atoms with Crippen LogP contribution in [-0.2, 0) is 27.0 Å². The number of alkyl halides is 3. The van der Waals surface area contributed by atoms with Gasteiger partial charge in [-0.15, -0.1) is 0 Å². The minimum Gasteiger partial charge on any atom is -0.423 e. The van der Waals surface area contributed by atoms with Crippen molar-refractivity contribution in [2.45, 2.75) is 43.9 Å². The number of hydrogen-bond acceptors (Lipinski definition) is 8. The summed E-state index contributed by atoms with van der Waals surface area (Å²) in [5.74, 6) is -2.92. The molecule has 3 amide bonds. The van der Waals surface area contributed by atoms with Crippen LogP contribution >= 0.6 is 0 Å². The Labute approximate surface area is 240 Å². The number of rotatable bonds is 15. The number of carbonyl (C=O) groups is 3. The lowest BCUT2D eigenvalue weighted by atomic mass is 9.80. The molecule has 0 spiro atoms. The fourth-order valence-electron chi connectivity index (χ4n) is 3.97. The van der Waals surface area contributed by atoms with Gasteiger partial charge in [0.25, 0.3) is 0 Å². The summed E-state index contributed by atoms with van der Waals surface area (Å²) in [6.45, 7) is 0.993. The Kier molecular flexibility index (Phi) is 13.3. The van der Waals surface area contributed by atoms with Crippen molar-refractivity contribution in [1.29, 1.82) is 0 Å². The lowest BCUT2D eigenvalue weighted by Gasteiger charge is -2.23. The number of amides is 3. The van der Waals surface area contributed by atoms with Crippen LogP contribution in [0.1, 0.15) is 30.4 Å². The van der Waals surface area contributed by atoms with Gasteiger partial charge in [-0.05, 0) is 54.6 Å². The first-order chi connectivity index (χ1) is 19.8. The van der Waals surface area contributed by atoms with Gasteiger partial charge in [0.1, 0.15) is 11.9 Å². The molecule has 0 aliphatic rings. The molecule has 11 nitrogen and oxygen atoms in total. The molecule has 2 atom stereocenters. The summed E-state index contributed by atoms with van der Waals surface area (Å²) in [6.07, 6.45) is -4.71. The van der Waals surface area contributed by atoms with Gasteiger partial charge >= 0.3 is 13.3 Å². The van der Waals surface area contributed by atoms with Crippen LogP contribution < -0.4 is 33.3 Å². The number of nitrogens with two attached hydrogens (primary N) is 3. The molecule has 0 aromatic heterocycles. The van der Waals surface area contributed by atoms with Crippen LogP contribution in [0.15, 0.2) is 42.5 Å². The second-order valence-corrected chi connectivity index (χ2v) is 9.50. The quantitative estimate of drug-likeness (QED) is 0.105. The molecule has 0 aliphatic heterocycles. The van der Waals surface area contributed by atoms with Crippen molar-refractivity contribution in [2.24, 2.45) is 17.2 Å². The number of hydrogen-bond donors (Lipinski definition) is 7. The standard InChI is InChI=1S/C26H35BF4N6O5/c28-19-15-18(27(41)42)6-9-21(19)35-25(40)22(8-3-16-1-4-17(5-2-16)26(29,30)31)36-24(39)20(34)7-10-23(38)37(13-11-32)14-12-33/h1-2,4-6,9,15,20,22,41-42H,3,7-8,10-14,32-34H2,(H,35,40)(H,36,39)/t20-,22+/m0/s1. The Morgan fingerprint density at radius 2 is 1.57 bits per heavy atom. The van der Waals surface area contributed by atoms with E-state index in [9.17, 15) is 42.0 Å². The van der Waals surface area contributed by atoms with Gasteiger partial charge < -0.3 is 42.8 Å². The molecule has 2 aromatic rings. The van der Waals surface area contributed by atoms with Crippen LogP contribution in [0, 0.1) is 5.82 Å². The van der Waals surface area contributed by atoms with Crippen LogP contribution in [0.25, 0.3) is 0 Å². The Balaban J connectivity index is 2.14. The van der Waals surface area contributed by atoms with Gasteiger partial charge in [0.05, 0.1) is 17.3 Å². The number of anilines is 1. The summed E-state index contributed by atoms with van der Waals surface area (Å²) in [7, 11) is -1.94. The van der Waals surface area contributed by atoms with Crippen molar-refractivity contribution >= 4 is 36.0 Å². The first kappa shape index (κ1) is 34.6. The molecule has 230 valence electrons. The third-order valence-corrected chi connectivity index (χ3v) is 6.34. The van der Waals surface area contributed by atoms with Crippen molar-refractivity contribution in [3.63, 3.8) is 0 Å². The number of halogens is 4. The molecule has 0 unspecified atom stereocenters. The van der Waals surface area contributed by atoms with Gasteiger partial charge in [-0.2, -0.15) is 13.2 Å². The molecule has 0 heterocycles. The Bertz CT molecular complexity index is 1200. The maximum atomic E-state index is 14.5. The fourth-order valence-corrected chi connectivity index (χ4v) is 3.97. The van der Waals surface area contributed by atoms with Crippen molar-refractivity contribution in [3.8, 4) is 0 Å². The van der Waals surface area contributed by atoms with E-state index in [1.165, 1.54) is 23.1 Å². The van der Waals surface area contributed by atoms with Crippen molar-refractivity contribution < 1.29 is 42.0 Å². The first-order valence-electron chi connectivity index (χ1n) is 13.1. The van der Waals surface area contributed by atoms with Gasteiger partial charge in [-0.1, -0.05) is 18.2 Å². The highest BCUT2D eigenvalue weighted by molar-refractivity contribution is 6.58. The van der Waals surface area contributed by atoms with E-state index in [2.05, 4.69) is 10.6 Å². The van der Waals surface area contributed by atoms with Gasteiger partial charge in [-0.25, -0.2) is 4.39 Å². The van der Waals surface area contributed by atoms with Gasteiger partial charge in [0.2, 0.25) is 17.7 Å². The van der Waals surface area contributed by atoms with Crippen LogP contribution in [0.2, 0.25) is 0 Å². The smallest absolute Gasteiger partial charge is 0.423 e. The Morgan fingerprint density at radius 3 is 2.10 bits per heavy atom. The summed E-state index contributed by atoms with van der Waals surface area (Å²) in [4.78, 5) is 39.8. The lowest BCUT2D eigenvalue weighted by Crippen LogP contribution is -2.50.